The molecule has 1 atom stereocenters. The van der Waals surface area contributed by atoms with Gasteiger partial charge in [-0.15, -0.1) is 22.7 Å². The van der Waals surface area contributed by atoms with Gasteiger partial charge in [0.15, 0.2) is 0 Å². The van der Waals surface area contributed by atoms with E-state index in [1.807, 2.05) is 66.2 Å². The lowest BCUT2D eigenvalue weighted by Gasteiger charge is -2.18. The van der Waals surface area contributed by atoms with Gasteiger partial charge in [-0.3, -0.25) is 9.59 Å². The second-order valence-electron chi connectivity index (χ2n) is 7.36. The summed E-state index contributed by atoms with van der Waals surface area (Å²) < 4.78 is 1.08. The molecule has 0 aliphatic rings. The number of amides is 2. The third-order valence-electron chi connectivity index (χ3n) is 5.22. The fourth-order valence-corrected chi connectivity index (χ4v) is 5.18. The van der Waals surface area contributed by atoms with Crippen LogP contribution in [-0.2, 0) is 17.8 Å². The summed E-state index contributed by atoms with van der Waals surface area (Å²) in [5.41, 5.74) is 2.90. The minimum atomic E-state index is -0.710. The number of aromatic amines is 1. The van der Waals surface area contributed by atoms with Gasteiger partial charge in [0.2, 0.25) is 5.91 Å². The minimum Gasteiger partial charge on any atom is -0.361 e. The second kappa shape index (κ2) is 8.94. The zero-order valence-electron chi connectivity index (χ0n) is 17.0. The first-order chi connectivity index (χ1) is 15.7. The van der Waals surface area contributed by atoms with E-state index >= 15 is 0 Å². The third-order valence-corrected chi connectivity index (χ3v) is 7.12. The Kier molecular flexibility index (Phi) is 5.70. The molecule has 2 amide bonds. The van der Waals surface area contributed by atoms with Crippen molar-refractivity contribution in [3.63, 3.8) is 0 Å². The SMILES string of the molecule is O=C(N[C@@H](Cc1c[nH]c2ccccc12)C(=O)NCc1nc2ccccc2s1)c1cccs1. The van der Waals surface area contributed by atoms with Gasteiger partial charge in [-0.05, 0) is 35.2 Å². The fraction of sp³-hybridized carbons (Fsp3) is 0.125. The molecule has 3 N–H and O–H groups in total. The van der Waals surface area contributed by atoms with Gasteiger partial charge in [0, 0.05) is 23.5 Å². The van der Waals surface area contributed by atoms with Crippen molar-refractivity contribution in [2.45, 2.75) is 19.0 Å². The quantitative estimate of drug-likeness (QED) is 0.334. The Morgan fingerprint density at radius 3 is 2.72 bits per heavy atom. The summed E-state index contributed by atoms with van der Waals surface area (Å²) >= 11 is 2.90. The highest BCUT2D eigenvalue weighted by Gasteiger charge is 2.24. The standard InChI is InChI=1S/C24H20N4O2S2/c29-23(26-14-22-27-18-8-3-4-9-20(18)32-22)19(28-24(30)21-10-5-11-31-21)12-15-13-25-17-7-2-1-6-16(15)17/h1-11,13,19,25H,12,14H2,(H,26,29)(H,28,30)/t19-/m0/s1. The Labute approximate surface area is 192 Å². The Bertz CT molecular complexity index is 1350. The summed E-state index contributed by atoms with van der Waals surface area (Å²) in [4.78, 5) is 34.2. The van der Waals surface area contributed by atoms with E-state index in [2.05, 4.69) is 20.6 Å². The van der Waals surface area contributed by atoms with E-state index < -0.39 is 6.04 Å². The van der Waals surface area contributed by atoms with Gasteiger partial charge < -0.3 is 15.6 Å². The largest absolute Gasteiger partial charge is 0.361 e. The van der Waals surface area contributed by atoms with Crippen LogP contribution in [0.2, 0.25) is 0 Å². The summed E-state index contributed by atoms with van der Waals surface area (Å²) in [5.74, 6) is -0.487. The first-order valence-electron chi connectivity index (χ1n) is 10.2. The first-order valence-corrected chi connectivity index (χ1v) is 11.9. The lowest BCUT2D eigenvalue weighted by Crippen LogP contribution is -2.47. The van der Waals surface area contributed by atoms with Crippen molar-refractivity contribution in [1.29, 1.82) is 0 Å². The highest BCUT2D eigenvalue weighted by Crippen LogP contribution is 2.22. The molecule has 0 radical (unpaired) electrons. The molecule has 8 heteroatoms. The number of carbonyl (C=O) groups excluding carboxylic acids is 2. The van der Waals surface area contributed by atoms with Gasteiger partial charge in [-0.2, -0.15) is 0 Å². The molecule has 0 unspecified atom stereocenters. The highest BCUT2D eigenvalue weighted by atomic mass is 32.1. The molecule has 3 heterocycles. The van der Waals surface area contributed by atoms with Gasteiger partial charge in [0.05, 0.1) is 21.6 Å². The number of benzene rings is 2. The Morgan fingerprint density at radius 2 is 1.88 bits per heavy atom. The van der Waals surface area contributed by atoms with Crippen LogP contribution in [0.25, 0.3) is 21.1 Å². The number of rotatable bonds is 7. The van der Waals surface area contributed by atoms with Crippen LogP contribution < -0.4 is 10.6 Å². The van der Waals surface area contributed by atoms with E-state index in [4.69, 9.17) is 0 Å². The number of aromatic nitrogens is 2. The van der Waals surface area contributed by atoms with Crippen LogP contribution in [0.15, 0.2) is 72.2 Å². The summed E-state index contributed by atoms with van der Waals surface area (Å²) in [7, 11) is 0. The zero-order valence-corrected chi connectivity index (χ0v) is 18.6. The normalized spacial score (nSPS) is 12.1. The summed E-state index contributed by atoms with van der Waals surface area (Å²) in [6.07, 6.45) is 2.28. The van der Waals surface area contributed by atoms with Crippen molar-refractivity contribution in [3.05, 3.63) is 87.7 Å². The number of thiophene rings is 1. The smallest absolute Gasteiger partial charge is 0.262 e. The molecule has 0 aliphatic heterocycles. The molecule has 0 fully saturated rings. The molecule has 0 saturated heterocycles. The molecule has 6 nitrogen and oxygen atoms in total. The fourth-order valence-electron chi connectivity index (χ4n) is 3.65. The van der Waals surface area contributed by atoms with Crippen LogP contribution in [0.3, 0.4) is 0 Å². The van der Waals surface area contributed by atoms with Crippen LogP contribution in [0, 0.1) is 0 Å². The van der Waals surface area contributed by atoms with Crippen LogP contribution in [0.4, 0.5) is 0 Å². The Hall–Kier alpha value is -3.49. The van der Waals surface area contributed by atoms with E-state index in [1.54, 1.807) is 17.4 Å². The van der Waals surface area contributed by atoms with Crippen molar-refractivity contribution in [2.24, 2.45) is 0 Å². The summed E-state index contributed by atoms with van der Waals surface area (Å²) in [6.45, 7) is 0.317. The van der Waals surface area contributed by atoms with E-state index in [-0.39, 0.29) is 11.8 Å². The maximum atomic E-state index is 13.1. The number of carbonyl (C=O) groups is 2. The second-order valence-corrected chi connectivity index (χ2v) is 9.42. The molecule has 0 bridgehead atoms. The Balaban J connectivity index is 1.35. The number of thiazole rings is 1. The lowest BCUT2D eigenvalue weighted by molar-refractivity contribution is -0.123. The average Bonchev–Trinajstić information content (AvgIpc) is 3.56. The molecule has 5 aromatic rings. The van der Waals surface area contributed by atoms with Crippen molar-refractivity contribution < 1.29 is 9.59 Å². The van der Waals surface area contributed by atoms with Crippen molar-refractivity contribution in [1.82, 2.24) is 20.6 Å². The van der Waals surface area contributed by atoms with Crippen molar-refractivity contribution in [3.8, 4) is 0 Å². The number of para-hydroxylation sites is 2. The van der Waals surface area contributed by atoms with E-state index in [1.165, 1.54) is 11.3 Å². The molecular formula is C24H20N4O2S2. The van der Waals surface area contributed by atoms with E-state index in [9.17, 15) is 9.59 Å². The molecule has 0 spiro atoms. The monoisotopic (exact) mass is 460 g/mol. The minimum absolute atomic E-state index is 0.237. The number of nitrogens with one attached hydrogen (secondary N) is 3. The highest BCUT2D eigenvalue weighted by molar-refractivity contribution is 7.18. The number of nitrogens with zero attached hydrogens (tertiary/aromatic N) is 1. The van der Waals surface area contributed by atoms with E-state index in [0.717, 1.165) is 31.7 Å². The number of hydrogen-bond donors (Lipinski definition) is 3. The maximum Gasteiger partial charge on any atom is 0.262 e. The first kappa shape index (κ1) is 20.4. The summed E-state index contributed by atoms with van der Waals surface area (Å²) in [6, 6.07) is 18.7. The number of hydrogen-bond acceptors (Lipinski definition) is 5. The van der Waals surface area contributed by atoms with Crippen molar-refractivity contribution >= 4 is 55.6 Å². The molecule has 32 heavy (non-hydrogen) atoms. The Morgan fingerprint density at radius 1 is 1.03 bits per heavy atom. The molecule has 5 rings (SSSR count). The molecule has 160 valence electrons. The molecular weight excluding hydrogens is 440 g/mol. The maximum absolute atomic E-state index is 13.1. The van der Waals surface area contributed by atoms with Gasteiger partial charge >= 0.3 is 0 Å². The average molecular weight is 461 g/mol. The van der Waals surface area contributed by atoms with Gasteiger partial charge in [-0.1, -0.05) is 36.4 Å². The van der Waals surface area contributed by atoms with E-state index in [0.29, 0.717) is 17.8 Å². The predicted octanol–water partition coefficient (Wildman–Crippen LogP) is 4.50. The topological polar surface area (TPSA) is 86.9 Å². The lowest BCUT2D eigenvalue weighted by atomic mass is 10.0. The van der Waals surface area contributed by atoms with Crippen LogP contribution in [-0.4, -0.2) is 27.8 Å². The van der Waals surface area contributed by atoms with Crippen molar-refractivity contribution in [2.75, 3.05) is 0 Å². The molecule has 0 aliphatic carbocycles. The molecule has 3 aromatic heterocycles. The predicted molar refractivity (Wildman–Crippen MR) is 129 cm³/mol. The number of H-pyrrole nitrogens is 1. The molecule has 0 saturated carbocycles. The number of fused-ring (bicyclic) bond motifs is 2. The van der Waals surface area contributed by atoms with Crippen LogP contribution >= 0.6 is 22.7 Å². The van der Waals surface area contributed by atoms with Crippen LogP contribution in [0.1, 0.15) is 20.2 Å². The third kappa shape index (κ3) is 4.28. The van der Waals surface area contributed by atoms with Gasteiger partial charge in [0.1, 0.15) is 11.0 Å². The van der Waals surface area contributed by atoms with Gasteiger partial charge in [0.25, 0.3) is 5.91 Å². The summed E-state index contributed by atoms with van der Waals surface area (Å²) in [5, 5.41) is 9.59. The molecule has 2 aromatic carbocycles. The van der Waals surface area contributed by atoms with Gasteiger partial charge in [-0.25, -0.2) is 4.98 Å². The zero-order chi connectivity index (χ0) is 21.9. The van der Waals surface area contributed by atoms with Crippen LogP contribution in [0.5, 0.6) is 0 Å².